The molecule has 0 aliphatic carbocycles. The fourth-order valence-corrected chi connectivity index (χ4v) is 2.16. The van der Waals surface area contributed by atoms with Crippen LogP contribution in [-0.4, -0.2) is 48.3 Å². The molecule has 1 heterocycles. The smallest absolute Gasteiger partial charge is 0.143 e. The van der Waals surface area contributed by atoms with Gasteiger partial charge < -0.3 is 20.6 Å². The van der Waals surface area contributed by atoms with Crippen molar-refractivity contribution in [2.24, 2.45) is 16.8 Å². The lowest BCUT2D eigenvalue weighted by molar-refractivity contribution is 0.0917. The summed E-state index contributed by atoms with van der Waals surface area (Å²) in [4.78, 5) is 2.32. The molecule has 1 aliphatic rings. The van der Waals surface area contributed by atoms with Crippen LogP contribution < -0.4 is 5.73 Å². The van der Waals surface area contributed by atoms with Crippen LogP contribution in [0.15, 0.2) is 5.16 Å². The third-order valence-corrected chi connectivity index (χ3v) is 3.39. The Morgan fingerprint density at radius 1 is 1.65 bits per heavy atom. The summed E-state index contributed by atoms with van der Waals surface area (Å²) < 4.78 is 5.61. The van der Waals surface area contributed by atoms with E-state index in [1.807, 2.05) is 6.92 Å². The van der Waals surface area contributed by atoms with E-state index in [2.05, 4.69) is 17.0 Å². The summed E-state index contributed by atoms with van der Waals surface area (Å²) in [5.41, 5.74) is 5.59. The quantitative estimate of drug-likeness (QED) is 0.306. The number of nitrogens with zero attached hydrogens (tertiary/aromatic N) is 2. The van der Waals surface area contributed by atoms with E-state index in [-0.39, 0.29) is 5.92 Å². The Hall–Kier alpha value is -0.810. The summed E-state index contributed by atoms with van der Waals surface area (Å²) in [7, 11) is 0. The normalized spacial score (nSPS) is 23.2. The first-order valence-corrected chi connectivity index (χ1v) is 6.48. The standard InChI is InChI=1S/C12H25N3O2/c1-3-15(9-10(2)12(13)14-16)7-6-11-5-4-8-17-11/h10-11,16H,3-9H2,1-2H3,(H2,13,14). The monoisotopic (exact) mass is 243 g/mol. The van der Waals surface area contributed by atoms with Crippen molar-refractivity contribution in [2.75, 3.05) is 26.2 Å². The second-order valence-electron chi connectivity index (χ2n) is 4.74. The number of rotatable bonds is 7. The van der Waals surface area contributed by atoms with Gasteiger partial charge in [-0.3, -0.25) is 0 Å². The predicted molar refractivity (Wildman–Crippen MR) is 68.3 cm³/mol. The average molecular weight is 243 g/mol. The zero-order valence-corrected chi connectivity index (χ0v) is 10.9. The fraction of sp³-hybridized carbons (Fsp3) is 0.917. The molecule has 0 saturated carbocycles. The Labute approximate surface area is 104 Å². The number of ether oxygens (including phenoxy) is 1. The molecule has 17 heavy (non-hydrogen) atoms. The molecule has 1 saturated heterocycles. The topological polar surface area (TPSA) is 71.1 Å². The minimum absolute atomic E-state index is 0.0875. The number of oxime groups is 1. The number of amidine groups is 1. The van der Waals surface area contributed by atoms with Gasteiger partial charge in [-0.2, -0.15) is 0 Å². The van der Waals surface area contributed by atoms with E-state index in [0.717, 1.165) is 32.7 Å². The summed E-state index contributed by atoms with van der Waals surface area (Å²) in [6.45, 7) is 7.86. The molecule has 1 fully saturated rings. The molecule has 5 nitrogen and oxygen atoms in total. The van der Waals surface area contributed by atoms with Crippen LogP contribution in [0.1, 0.15) is 33.1 Å². The van der Waals surface area contributed by atoms with Gasteiger partial charge in [-0.25, -0.2) is 0 Å². The van der Waals surface area contributed by atoms with Crippen LogP contribution in [0.3, 0.4) is 0 Å². The van der Waals surface area contributed by atoms with Gasteiger partial charge in [-0.1, -0.05) is 19.0 Å². The first kappa shape index (κ1) is 14.3. The molecule has 0 aromatic heterocycles. The maximum absolute atomic E-state index is 8.62. The molecular weight excluding hydrogens is 218 g/mol. The molecule has 2 unspecified atom stereocenters. The first-order chi connectivity index (χ1) is 8.17. The maximum atomic E-state index is 8.62. The lowest BCUT2D eigenvalue weighted by Crippen LogP contribution is -2.36. The van der Waals surface area contributed by atoms with Crippen molar-refractivity contribution in [3.63, 3.8) is 0 Å². The van der Waals surface area contributed by atoms with Crippen LogP contribution in [0.5, 0.6) is 0 Å². The van der Waals surface area contributed by atoms with Crippen molar-refractivity contribution in [3.05, 3.63) is 0 Å². The molecule has 2 atom stereocenters. The summed E-state index contributed by atoms with van der Waals surface area (Å²) in [5.74, 6) is 0.394. The van der Waals surface area contributed by atoms with Gasteiger partial charge in [0.2, 0.25) is 0 Å². The number of hydrogen-bond donors (Lipinski definition) is 2. The van der Waals surface area contributed by atoms with E-state index in [9.17, 15) is 0 Å². The lowest BCUT2D eigenvalue weighted by atomic mass is 10.1. The molecule has 100 valence electrons. The Balaban J connectivity index is 2.27. The molecule has 1 rings (SSSR count). The molecule has 0 spiro atoms. The van der Waals surface area contributed by atoms with Gasteiger partial charge in [0.25, 0.3) is 0 Å². The van der Waals surface area contributed by atoms with Crippen molar-refractivity contribution in [1.82, 2.24) is 4.90 Å². The lowest BCUT2D eigenvalue weighted by Gasteiger charge is -2.24. The highest BCUT2D eigenvalue weighted by atomic mass is 16.5. The summed E-state index contributed by atoms with van der Waals surface area (Å²) in [6.07, 6.45) is 3.89. The van der Waals surface area contributed by atoms with Crippen LogP contribution in [0.25, 0.3) is 0 Å². The first-order valence-electron chi connectivity index (χ1n) is 6.48. The third kappa shape index (κ3) is 4.91. The molecule has 0 radical (unpaired) electrons. The van der Waals surface area contributed by atoms with Crippen LogP contribution in [0.4, 0.5) is 0 Å². The molecule has 1 aliphatic heterocycles. The van der Waals surface area contributed by atoms with Crippen molar-refractivity contribution in [2.45, 2.75) is 39.2 Å². The van der Waals surface area contributed by atoms with Crippen molar-refractivity contribution in [1.29, 1.82) is 0 Å². The van der Waals surface area contributed by atoms with Gasteiger partial charge in [0.15, 0.2) is 0 Å². The second-order valence-corrected chi connectivity index (χ2v) is 4.74. The van der Waals surface area contributed by atoms with E-state index >= 15 is 0 Å². The van der Waals surface area contributed by atoms with Crippen LogP contribution in [-0.2, 0) is 4.74 Å². The van der Waals surface area contributed by atoms with E-state index in [4.69, 9.17) is 15.7 Å². The highest BCUT2D eigenvalue weighted by Crippen LogP contribution is 2.15. The SMILES string of the molecule is CCN(CCC1CCCO1)CC(C)C(N)=NO. The van der Waals surface area contributed by atoms with Crippen molar-refractivity contribution >= 4 is 5.84 Å². The zero-order valence-electron chi connectivity index (χ0n) is 10.9. The van der Waals surface area contributed by atoms with Gasteiger partial charge in [0.05, 0.1) is 6.10 Å². The van der Waals surface area contributed by atoms with Crippen molar-refractivity contribution < 1.29 is 9.94 Å². The van der Waals surface area contributed by atoms with Gasteiger partial charge in [-0.15, -0.1) is 0 Å². The summed E-state index contributed by atoms with van der Waals surface area (Å²) >= 11 is 0. The highest BCUT2D eigenvalue weighted by molar-refractivity contribution is 5.82. The maximum Gasteiger partial charge on any atom is 0.143 e. The molecule has 0 aromatic rings. The fourth-order valence-electron chi connectivity index (χ4n) is 2.16. The Morgan fingerprint density at radius 3 is 2.94 bits per heavy atom. The Bertz CT molecular complexity index is 240. The average Bonchev–Trinajstić information content (AvgIpc) is 2.86. The summed E-state index contributed by atoms with van der Waals surface area (Å²) in [5, 5.41) is 11.7. The van der Waals surface area contributed by atoms with E-state index in [1.54, 1.807) is 0 Å². The molecule has 0 aromatic carbocycles. The van der Waals surface area contributed by atoms with Crippen LogP contribution >= 0.6 is 0 Å². The third-order valence-electron chi connectivity index (χ3n) is 3.39. The van der Waals surface area contributed by atoms with E-state index < -0.39 is 0 Å². The minimum atomic E-state index is 0.0875. The van der Waals surface area contributed by atoms with Crippen LogP contribution in [0, 0.1) is 5.92 Å². The zero-order chi connectivity index (χ0) is 12.7. The van der Waals surface area contributed by atoms with Gasteiger partial charge in [0.1, 0.15) is 5.84 Å². The molecule has 5 heteroatoms. The Kier molecular flexibility index (Phi) is 6.29. The van der Waals surface area contributed by atoms with E-state index in [1.165, 1.54) is 12.8 Å². The summed E-state index contributed by atoms with van der Waals surface area (Å²) in [6, 6.07) is 0. The largest absolute Gasteiger partial charge is 0.409 e. The second kappa shape index (κ2) is 7.50. The van der Waals surface area contributed by atoms with Gasteiger partial charge in [-0.05, 0) is 25.8 Å². The molecular formula is C12H25N3O2. The molecule has 3 N–H and O–H groups in total. The molecule has 0 amide bonds. The molecule has 0 bridgehead atoms. The van der Waals surface area contributed by atoms with Crippen molar-refractivity contribution in [3.8, 4) is 0 Å². The number of hydrogen-bond acceptors (Lipinski definition) is 4. The van der Waals surface area contributed by atoms with E-state index in [0.29, 0.717) is 11.9 Å². The Morgan fingerprint density at radius 2 is 2.41 bits per heavy atom. The predicted octanol–water partition coefficient (Wildman–Crippen LogP) is 1.26. The van der Waals surface area contributed by atoms with Crippen LogP contribution in [0.2, 0.25) is 0 Å². The van der Waals surface area contributed by atoms with Gasteiger partial charge in [0, 0.05) is 25.6 Å². The van der Waals surface area contributed by atoms with Gasteiger partial charge >= 0.3 is 0 Å². The minimum Gasteiger partial charge on any atom is -0.409 e. The highest BCUT2D eigenvalue weighted by Gasteiger charge is 2.18. The number of nitrogens with two attached hydrogens (primary N) is 1.